The second kappa shape index (κ2) is 5.88. The highest BCUT2D eigenvalue weighted by atomic mass is 14.7. The fraction of sp³-hybridized carbons (Fsp3) is 0.647. The lowest BCUT2D eigenvalue weighted by Gasteiger charge is -2.38. The van der Waals surface area contributed by atoms with Gasteiger partial charge in [-0.25, -0.2) is 0 Å². The van der Waals surface area contributed by atoms with Gasteiger partial charge in [0.1, 0.15) is 0 Å². The first-order valence-corrected chi connectivity index (χ1v) is 7.52. The molecule has 1 nitrogen and oxygen atoms in total. The van der Waals surface area contributed by atoms with Gasteiger partial charge in [-0.05, 0) is 42.7 Å². The van der Waals surface area contributed by atoms with Crippen molar-refractivity contribution in [1.82, 2.24) is 0 Å². The first-order valence-electron chi connectivity index (χ1n) is 7.52. The van der Waals surface area contributed by atoms with Crippen molar-refractivity contribution in [2.24, 2.45) is 11.7 Å². The van der Waals surface area contributed by atoms with Gasteiger partial charge in [0, 0.05) is 5.54 Å². The molecule has 1 aromatic carbocycles. The highest BCUT2D eigenvalue weighted by molar-refractivity contribution is 5.24. The highest BCUT2D eigenvalue weighted by Gasteiger charge is 2.31. The van der Waals surface area contributed by atoms with Gasteiger partial charge in [-0.15, -0.1) is 0 Å². The normalized spacial score (nSPS) is 28.3. The summed E-state index contributed by atoms with van der Waals surface area (Å²) in [7, 11) is 0. The maximum absolute atomic E-state index is 6.63. The summed E-state index contributed by atoms with van der Waals surface area (Å²) < 4.78 is 0. The fourth-order valence-electron chi connectivity index (χ4n) is 3.33. The average molecular weight is 245 g/mol. The van der Waals surface area contributed by atoms with Crippen LogP contribution in [-0.4, -0.2) is 5.54 Å². The molecule has 1 aliphatic rings. The van der Waals surface area contributed by atoms with Gasteiger partial charge in [-0.2, -0.15) is 0 Å². The van der Waals surface area contributed by atoms with Gasteiger partial charge in [0.05, 0.1) is 0 Å². The molecule has 0 aromatic heterocycles. The molecule has 18 heavy (non-hydrogen) atoms. The van der Waals surface area contributed by atoms with E-state index >= 15 is 0 Å². The van der Waals surface area contributed by atoms with Crippen LogP contribution in [0.5, 0.6) is 0 Å². The summed E-state index contributed by atoms with van der Waals surface area (Å²) in [5.41, 5.74) is 9.50. The Morgan fingerprint density at radius 3 is 2.44 bits per heavy atom. The van der Waals surface area contributed by atoms with Gasteiger partial charge in [0.25, 0.3) is 0 Å². The van der Waals surface area contributed by atoms with Crippen LogP contribution in [0, 0.1) is 5.92 Å². The van der Waals surface area contributed by atoms with Gasteiger partial charge in [0.2, 0.25) is 0 Å². The number of nitrogens with two attached hydrogens (primary N) is 1. The van der Waals surface area contributed by atoms with Crippen LogP contribution >= 0.6 is 0 Å². The Labute approximate surface area is 112 Å². The lowest BCUT2D eigenvalue weighted by molar-refractivity contribution is 0.218. The van der Waals surface area contributed by atoms with Crippen molar-refractivity contribution in [1.29, 1.82) is 0 Å². The maximum Gasteiger partial charge on any atom is 0.0197 e. The van der Waals surface area contributed by atoms with Crippen molar-refractivity contribution in [2.45, 2.75) is 64.3 Å². The lowest BCUT2D eigenvalue weighted by atomic mass is 9.72. The molecule has 0 saturated heterocycles. The predicted octanol–water partition coefficient (Wildman–Crippen LogP) is 4.09. The second-order valence-corrected chi connectivity index (χ2v) is 6.08. The Morgan fingerprint density at radius 2 is 1.83 bits per heavy atom. The van der Waals surface area contributed by atoms with E-state index in [4.69, 9.17) is 5.73 Å². The monoisotopic (exact) mass is 245 g/mol. The molecule has 1 saturated carbocycles. The van der Waals surface area contributed by atoms with Crippen LogP contribution < -0.4 is 5.73 Å². The third kappa shape index (κ3) is 3.35. The van der Waals surface area contributed by atoms with E-state index in [1.54, 1.807) is 0 Å². The van der Waals surface area contributed by atoms with Crippen LogP contribution in [0.1, 0.15) is 57.1 Å². The quantitative estimate of drug-likeness (QED) is 0.849. The van der Waals surface area contributed by atoms with Crippen LogP contribution in [0.3, 0.4) is 0 Å². The molecular formula is C17H27N. The second-order valence-electron chi connectivity index (χ2n) is 6.08. The van der Waals surface area contributed by atoms with E-state index in [1.165, 1.54) is 43.2 Å². The molecule has 1 aliphatic carbocycles. The molecule has 2 rings (SSSR count). The smallest absolute Gasteiger partial charge is 0.0197 e. The molecule has 0 heterocycles. The van der Waals surface area contributed by atoms with E-state index < -0.39 is 0 Å². The van der Waals surface area contributed by atoms with Crippen molar-refractivity contribution in [3.05, 3.63) is 35.4 Å². The largest absolute Gasteiger partial charge is 0.325 e. The molecule has 0 spiro atoms. The van der Waals surface area contributed by atoms with Crippen LogP contribution in [-0.2, 0) is 12.8 Å². The summed E-state index contributed by atoms with van der Waals surface area (Å²) in [5.74, 6) is 0.846. The van der Waals surface area contributed by atoms with Crippen molar-refractivity contribution in [2.75, 3.05) is 0 Å². The van der Waals surface area contributed by atoms with E-state index in [-0.39, 0.29) is 5.54 Å². The molecule has 0 radical (unpaired) electrons. The summed E-state index contributed by atoms with van der Waals surface area (Å²) in [4.78, 5) is 0. The predicted molar refractivity (Wildman–Crippen MR) is 78.7 cm³/mol. The summed E-state index contributed by atoms with van der Waals surface area (Å²) in [6.07, 6.45) is 8.54. The average Bonchev–Trinajstić information content (AvgIpc) is 2.39. The Hall–Kier alpha value is -0.820. The van der Waals surface area contributed by atoms with Crippen molar-refractivity contribution in [3.8, 4) is 0 Å². The zero-order chi connectivity index (χ0) is 13.0. The molecule has 0 amide bonds. The molecule has 0 aliphatic heterocycles. The minimum atomic E-state index is 0.0483. The molecular weight excluding hydrogens is 218 g/mol. The van der Waals surface area contributed by atoms with Crippen molar-refractivity contribution < 1.29 is 0 Å². The summed E-state index contributed by atoms with van der Waals surface area (Å²) in [6.45, 7) is 4.50. The molecule has 100 valence electrons. The molecule has 2 atom stereocenters. The standard InChI is InChI=1S/C17H27N/c1-3-14-7-9-16(10-8-14)13-17(18)11-5-6-15(4-2)12-17/h7-10,15H,3-6,11-13,18H2,1-2H3. The highest BCUT2D eigenvalue weighted by Crippen LogP contribution is 2.34. The third-order valence-corrected chi connectivity index (χ3v) is 4.55. The van der Waals surface area contributed by atoms with Crippen molar-refractivity contribution in [3.63, 3.8) is 0 Å². The zero-order valence-electron chi connectivity index (χ0n) is 11.9. The number of aryl methyl sites for hydroxylation is 1. The number of benzene rings is 1. The Morgan fingerprint density at radius 1 is 1.17 bits per heavy atom. The number of rotatable bonds is 4. The van der Waals surface area contributed by atoms with E-state index in [0.717, 1.165) is 18.8 Å². The van der Waals surface area contributed by atoms with Crippen molar-refractivity contribution >= 4 is 0 Å². The first-order chi connectivity index (χ1) is 8.65. The van der Waals surface area contributed by atoms with E-state index in [0.29, 0.717) is 0 Å². The Kier molecular flexibility index (Phi) is 4.45. The van der Waals surface area contributed by atoms with Crippen LogP contribution in [0.4, 0.5) is 0 Å². The maximum atomic E-state index is 6.63. The molecule has 2 N–H and O–H groups in total. The topological polar surface area (TPSA) is 26.0 Å². The van der Waals surface area contributed by atoms with E-state index in [1.807, 2.05) is 0 Å². The molecule has 1 aromatic rings. The number of hydrogen-bond donors (Lipinski definition) is 1. The molecule has 2 unspecified atom stereocenters. The summed E-state index contributed by atoms with van der Waals surface area (Å²) in [5, 5.41) is 0. The minimum absolute atomic E-state index is 0.0483. The Balaban J connectivity index is 2.02. The van der Waals surface area contributed by atoms with Gasteiger partial charge >= 0.3 is 0 Å². The van der Waals surface area contributed by atoms with Crippen LogP contribution in [0.25, 0.3) is 0 Å². The molecule has 1 heteroatoms. The van der Waals surface area contributed by atoms with E-state index in [9.17, 15) is 0 Å². The van der Waals surface area contributed by atoms with Gasteiger partial charge in [0.15, 0.2) is 0 Å². The van der Waals surface area contributed by atoms with Crippen LogP contribution in [0.15, 0.2) is 24.3 Å². The van der Waals surface area contributed by atoms with Crippen LogP contribution in [0.2, 0.25) is 0 Å². The SMILES string of the molecule is CCc1ccc(CC2(N)CCCC(CC)C2)cc1. The fourth-order valence-corrected chi connectivity index (χ4v) is 3.33. The Bertz CT molecular complexity index is 368. The van der Waals surface area contributed by atoms with E-state index in [2.05, 4.69) is 38.1 Å². The minimum Gasteiger partial charge on any atom is -0.325 e. The zero-order valence-corrected chi connectivity index (χ0v) is 11.9. The van der Waals surface area contributed by atoms with Gasteiger partial charge in [-0.1, -0.05) is 57.4 Å². The van der Waals surface area contributed by atoms with Gasteiger partial charge in [-0.3, -0.25) is 0 Å². The molecule has 1 fully saturated rings. The van der Waals surface area contributed by atoms with Gasteiger partial charge < -0.3 is 5.73 Å². The first kappa shape index (κ1) is 13.6. The lowest BCUT2D eigenvalue weighted by Crippen LogP contribution is -2.46. The molecule has 0 bridgehead atoms. The summed E-state index contributed by atoms with van der Waals surface area (Å²) >= 11 is 0. The summed E-state index contributed by atoms with van der Waals surface area (Å²) in [6, 6.07) is 9.03. The third-order valence-electron chi connectivity index (χ3n) is 4.55. The number of hydrogen-bond acceptors (Lipinski definition) is 1.